The van der Waals surface area contributed by atoms with E-state index in [1.54, 1.807) is 6.33 Å². The maximum absolute atomic E-state index is 5.77. The van der Waals surface area contributed by atoms with Gasteiger partial charge >= 0.3 is 0 Å². The van der Waals surface area contributed by atoms with Gasteiger partial charge in [0.05, 0.1) is 11.3 Å². The summed E-state index contributed by atoms with van der Waals surface area (Å²) in [4.78, 5) is 0. The van der Waals surface area contributed by atoms with Crippen molar-refractivity contribution in [3.05, 3.63) is 24.5 Å². The zero-order valence-electron chi connectivity index (χ0n) is 10.6. The first kappa shape index (κ1) is 11.1. The Hall–Kier alpha value is -2.04. The van der Waals surface area contributed by atoms with E-state index in [0.29, 0.717) is 12.6 Å². The number of ether oxygens (including phenoxy) is 1. The predicted molar refractivity (Wildman–Crippen MR) is 69.8 cm³/mol. The molecule has 5 heteroatoms. The van der Waals surface area contributed by atoms with Crippen LogP contribution in [0.25, 0.3) is 11.4 Å². The van der Waals surface area contributed by atoms with Gasteiger partial charge in [0, 0.05) is 12.6 Å². The minimum atomic E-state index is 0.322. The molecule has 1 aliphatic heterocycles. The van der Waals surface area contributed by atoms with Crippen LogP contribution >= 0.6 is 0 Å². The Balaban J connectivity index is 2.14. The van der Waals surface area contributed by atoms with Gasteiger partial charge < -0.3 is 14.6 Å². The van der Waals surface area contributed by atoms with E-state index in [-0.39, 0.29) is 0 Å². The third kappa shape index (κ3) is 1.72. The van der Waals surface area contributed by atoms with Gasteiger partial charge in [-0.25, -0.2) is 0 Å². The van der Waals surface area contributed by atoms with Crippen molar-refractivity contribution in [3.63, 3.8) is 0 Å². The van der Waals surface area contributed by atoms with Crippen molar-refractivity contribution in [1.82, 2.24) is 14.8 Å². The van der Waals surface area contributed by atoms with E-state index >= 15 is 0 Å². The lowest BCUT2D eigenvalue weighted by Gasteiger charge is -2.22. The topological polar surface area (TPSA) is 52.0 Å². The number of nitrogens with zero attached hydrogens (tertiary/aromatic N) is 3. The van der Waals surface area contributed by atoms with Crippen molar-refractivity contribution < 1.29 is 4.74 Å². The molecule has 0 fully saturated rings. The average molecular weight is 244 g/mol. The van der Waals surface area contributed by atoms with Crippen molar-refractivity contribution in [3.8, 4) is 17.1 Å². The Bertz CT molecular complexity index is 562. The lowest BCUT2D eigenvalue weighted by Crippen LogP contribution is -2.18. The molecule has 0 radical (unpaired) electrons. The Morgan fingerprint density at radius 3 is 3.11 bits per heavy atom. The van der Waals surface area contributed by atoms with Crippen LogP contribution in [0.3, 0.4) is 0 Å². The summed E-state index contributed by atoms with van der Waals surface area (Å²) in [6.45, 7) is 5.75. The number of hydrogen-bond acceptors (Lipinski definition) is 4. The van der Waals surface area contributed by atoms with E-state index in [4.69, 9.17) is 4.74 Å². The van der Waals surface area contributed by atoms with Crippen molar-refractivity contribution in [2.45, 2.75) is 19.9 Å². The van der Waals surface area contributed by atoms with E-state index < -0.39 is 0 Å². The van der Waals surface area contributed by atoms with Gasteiger partial charge in [-0.1, -0.05) is 6.07 Å². The molecule has 1 aromatic heterocycles. The molecular formula is C13H16N4O. The molecule has 0 bridgehead atoms. The van der Waals surface area contributed by atoms with E-state index in [2.05, 4.69) is 29.4 Å². The van der Waals surface area contributed by atoms with Crippen LogP contribution in [0, 0.1) is 0 Å². The van der Waals surface area contributed by atoms with Gasteiger partial charge in [-0.2, -0.15) is 0 Å². The molecule has 0 aliphatic carbocycles. The van der Waals surface area contributed by atoms with Crippen LogP contribution in [-0.4, -0.2) is 27.9 Å². The highest BCUT2D eigenvalue weighted by Crippen LogP contribution is 2.37. The number of fused-ring (bicyclic) bond motifs is 1. The normalized spacial score (nSPS) is 13.9. The predicted octanol–water partition coefficient (Wildman–Crippen LogP) is 2.33. The molecule has 1 aromatic carbocycles. The molecule has 3 rings (SSSR count). The van der Waals surface area contributed by atoms with Crippen LogP contribution in [0.2, 0.25) is 0 Å². The SMILES string of the molecule is CC(C)n1cnnc1-c1cccc2c1OCCN2. The van der Waals surface area contributed by atoms with Crippen molar-refractivity contribution in [2.75, 3.05) is 18.5 Å². The number of hydrogen-bond donors (Lipinski definition) is 1. The summed E-state index contributed by atoms with van der Waals surface area (Å²) in [5.74, 6) is 1.73. The van der Waals surface area contributed by atoms with E-state index in [1.807, 2.05) is 22.8 Å². The first-order valence-corrected chi connectivity index (χ1v) is 6.17. The van der Waals surface area contributed by atoms with Crippen molar-refractivity contribution in [2.24, 2.45) is 0 Å². The van der Waals surface area contributed by atoms with Gasteiger partial charge in [-0.3, -0.25) is 0 Å². The fraction of sp³-hybridized carbons (Fsp3) is 0.385. The second-order valence-corrected chi connectivity index (χ2v) is 4.61. The summed E-state index contributed by atoms with van der Waals surface area (Å²) >= 11 is 0. The first-order valence-electron chi connectivity index (χ1n) is 6.17. The molecule has 18 heavy (non-hydrogen) atoms. The highest BCUT2D eigenvalue weighted by atomic mass is 16.5. The second-order valence-electron chi connectivity index (χ2n) is 4.61. The monoisotopic (exact) mass is 244 g/mol. The van der Waals surface area contributed by atoms with Crippen molar-refractivity contribution in [1.29, 1.82) is 0 Å². The molecule has 0 spiro atoms. The molecule has 0 saturated heterocycles. The number of anilines is 1. The van der Waals surface area contributed by atoms with Crippen LogP contribution in [0.4, 0.5) is 5.69 Å². The zero-order chi connectivity index (χ0) is 12.5. The molecule has 1 aliphatic rings. The van der Waals surface area contributed by atoms with Crippen LogP contribution in [0.15, 0.2) is 24.5 Å². The highest BCUT2D eigenvalue weighted by Gasteiger charge is 2.19. The summed E-state index contributed by atoms with van der Waals surface area (Å²) in [6, 6.07) is 6.38. The summed E-state index contributed by atoms with van der Waals surface area (Å²) in [5, 5.41) is 11.6. The standard InChI is InChI=1S/C13H16N4O/c1-9(2)17-8-15-16-13(17)10-4-3-5-11-12(10)18-7-6-14-11/h3-5,8-9,14H,6-7H2,1-2H3. The van der Waals surface area contributed by atoms with E-state index in [0.717, 1.165) is 29.4 Å². The molecule has 94 valence electrons. The molecule has 0 amide bonds. The Labute approximate surface area is 106 Å². The maximum Gasteiger partial charge on any atom is 0.167 e. The van der Waals surface area contributed by atoms with E-state index in [1.165, 1.54) is 0 Å². The summed E-state index contributed by atoms with van der Waals surface area (Å²) in [5.41, 5.74) is 2.02. The van der Waals surface area contributed by atoms with Crippen LogP contribution in [0.5, 0.6) is 5.75 Å². The fourth-order valence-electron chi connectivity index (χ4n) is 2.16. The Morgan fingerprint density at radius 1 is 1.39 bits per heavy atom. The number of para-hydroxylation sites is 1. The Morgan fingerprint density at radius 2 is 2.28 bits per heavy atom. The van der Waals surface area contributed by atoms with Gasteiger partial charge in [-0.15, -0.1) is 10.2 Å². The molecule has 2 heterocycles. The van der Waals surface area contributed by atoms with Crippen LogP contribution in [-0.2, 0) is 0 Å². The summed E-state index contributed by atoms with van der Waals surface area (Å²) in [6.07, 6.45) is 1.76. The van der Waals surface area contributed by atoms with Gasteiger partial charge in [0.2, 0.25) is 0 Å². The van der Waals surface area contributed by atoms with Crippen LogP contribution < -0.4 is 10.1 Å². The lowest BCUT2D eigenvalue weighted by molar-refractivity contribution is 0.324. The third-order valence-corrected chi connectivity index (χ3v) is 3.05. The minimum Gasteiger partial charge on any atom is -0.489 e. The third-order valence-electron chi connectivity index (χ3n) is 3.05. The number of aromatic nitrogens is 3. The molecule has 0 atom stereocenters. The fourth-order valence-corrected chi connectivity index (χ4v) is 2.16. The van der Waals surface area contributed by atoms with Gasteiger partial charge in [0.15, 0.2) is 11.6 Å². The molecule has 1 N–H and O–H groups in total. The first-order chi connectivity index (χ1) is 8.77. The molecule has 5 nitrogen and oxygen atoms in total. The zero-order valence-corrected chi connectivity index (χ0v) is 10.6. The maximum atomic E-state index is 5.77. The average Bonchev–Trinajstić information content (AvgIpc) is 2.87. The minimum absolute atomic E-state index is 0.322. The van der Waals surface area contributed by atoms with Gasteiger partial charge in [-0.05, 0) is 26.0 Å². The van der Waals surface area contributed by atoms with Crippen LogP contribution in [0.1, 0.15) is 19.9 Å². The lowest BCUT2D eigenvalue weighted by atomic mass is 10.1. The number of nitrogens with one attached hydrogen (secondary N) is 1. The molecular weight excluding hydrogens is 228 g/mol. The highest BCUT2D eigenvalue weighted by molar-refractivity contribution is 5.75. The largest absolute Gasteiger partial charge is 0.489 e. The number of rotatable bonds is 2. The second kappa shape index (κ2) is 4.33. The quantitative estimate of drug-likeness (QED) is 0.881. The summed E-state index contributed by atoms with van der Waals surface area (Å²) < 4.78 is 7.82. The molecule has 0 unspecified atom stereocenters. The van der Waals surface area contributed by atoms with Gasteiger partial charge in [0.25, 0.3) is 0 Å². The molecule has 2 aromatic rings. The Kier molecular flexibility index (Phi) is 2.66. The van der Waals surface area contributed by atoms with E-state index in [9.17, 15) is 0 Å². The van der Waals surface area contributed by atoms with Crippen molar-refractivity contribution >= 4 is 5.69 Å². The smallest absolute Gasteiger partial charge is 0.167 e. The summed E-state index contributed by atoms with van der Waals surface area (Å²) in [7, 11) is 0. The molecule has 0 saturated carbocycles. The van der Waals surface area contributed by atoms with Gasteiger partial charge in [0.1, 0.15) is 12.9 Å². The number of benzene rings is 1.